The Balaban J connectivity index is 1.76. The van der Waals surface area contributed by atoms with E-state index in [1.54, 1.807) is 0 Å². The van der Waals surface area contributed by atoms with Crippen LogP contribution in [-0.2, 0) is 14.3 Å². The second-order valence-electron chi connectivity index (χ2n) is 6.19. The summed E-state index contributed by atoms with van der Waals surface area (Å²) in [7, 11) is 0. The van der Waals surface area contributed by atoms with Crippen LogP contribution in [0.25, 0.3) is 0 Å². The van der Waals surface area contributed by atoms with Gasteiger partial charge in [-0.05, 0) is 38.0 Å². The van der Waals surface area contributed by atoms with Gasteiger partial charge in [0.1, 0.15) is 11.6 Å². The number of halogens is 2. The Morgan fingerprint density at radius 1 is 1.24 bits per heavy atom. The molecule has 1 saturated carbocycles. The van der Waals surface area contributed by atoms with Crippen LogP contribution in [0.3, 0.4) is 0 Å². The maximum atomic E-state index is 13.5. The smallest absolute Gasteiger partial charge is 0.317 e. The minimum atomic E-state index is -0.909. The molecule has 1 fully saturated rings. The quantitative estimate of drug-likeness (QED) is 0.469. The maximum absolute atomic E-state index is 13.5. The fourth-order valence-electron chi connectivity index (χ4n) is 2.75. The first-order valence-corrected chi connectivity index (χ1v) is 9.52. The van der Waals surface area contributed by atoms with Crippen molar-refractivity contribution in [3.8, 4) is 0 Å². The molecule has 0 aromatic heterocycles. The zero-order valence-corrected chi connectivity index (χ0v) is 15.0. The summed E-state index contributed by atoms with van der Waals surface area (Å²) in [6, 6.07) is 3.17. The molecule has 0 spiro atoms. The van der Waals surface area contributed by atoms with E-state index in [0.29, 0.717) is 0 Å². The van der Waals surface area contributed by atoms with Gasteiger partial charge in [-0.15, -0.1) is 11.8 Å². The van der Waals surface area contributed by atoms with Gasteiger partial charge < -0.3 is 10.1 Å². The van der Waals surface area contributed by atoms with Crippen LogP contribution in [0.15, 0.2) is 23.1 Å². The van der Waals surface area contributed by atoms with Gasteiger partial charge in [-0.2, -0.15) is 0 Å². The third-order valence-electron chi connectivity index (χ3n) is 4.12. The predicted molar refractivity (Wildman–Crippen MR) is 92.3 cm³/mol. The number of amides is 1. The minimum absolute atomic E-state index is 0.0347. The van der Waals surface area contributed by atoms with E-state index in [2.05, 4.69) is 5.32 Å². The number of thioether (sulfide) groups is 1. The third-order valence-corrected chi connectivity index (χ3v) is 5.12. The summed E-state index contributed by atoms with van der Waals surface area (Å²) in [6.07, 6.45) is 5.54. The molecule has 1 amide bonds. The van der Waals surface area contributed by atoms with Crippen molar-refractivity contribution in [3.05, 3.63) is 29.8 Å². The molecule has 25 heavy (non-hydrogen) atoms. The Labute approximate surface area is 150 Å². The molecule has 138 valence electrons. The second-order valence-corrected chi connectivity index (χ2v) is 7.21. The number of nitrogens with one attached hydrogen (secondary N) is 1. The first-order chi connectivity index (χ1) is 12.0. The summed E-state index contributed by atoms with van der Waals surface area (Å²) >= 11 is 0.840. The molecule has 1 aromatic rings. The van der Waals surface area contributed by atoms with Crippen LogP contribution in [0.5, 0.6) is 0 Å². The van der Waals surface area contributed by atoms with Crippen molar-refractivity contribution in [1.82, 2.24) is 5.32 Å². The zero-order valence-electron chi connectivity index (χ0n) is 14.2. The Kier molecular flexibility index (Phi) is 7.68. The van der Waals surface area contributed by atoms with Crippen molar-refractivity contribution in [3.63, 3.8) is 0 Å². The van der Waals surface area contributed by atoms with Gasteiger partial charge in [0.05, 0.1) is 5.75 Å². The van der Waals surface area contributed by atoms with Crippen molar-refractivity contribution >= 4 is 23.6 Å². The van der Waals surface area contributed by atoms with E-state index in [-0.39, 0.29) is 22.6 Å². The molecule has 0 radical (unpaired) electrons. The van der Waals surface area contributed by atoms with Crippen LogP contribution >= 0.6 is 11.8 Å². The lowest BCUT2D eigenvalue weighted by Crippen LogP contribution is -2.42. The highest BCUT2D eigenvalue weighted by Crippen LogP contribution is 2.23. The van der Waals surface area contributed by atoms with Gasteiger partial charge in [-0.3, -0.25) is 9.59 Å². The fraction of sp³-hybridized carbons (Fsp3) is 0.556. The molecular weight excluding hydrogens is 348 g/mol. The Morgan fingerprint density at radius 3 is 2.60 bits per heavy atom. The predicted octanol–water partition coefficient (Wildman–Crippen LogP) is 3.83. The van der Waals surface area contributed by atoms with E-state index < -0.39 is 23.7 Å². The molecule has 1 N–H and O–H groups in total. The largest absolute Gasteiger partial charge is 0.452 e. The highest BCUT2D eigenvalue weighted by molar-refractivity contribution is 8.00. The van der Waals surface area contributed by atoms with Crippen molar-refractivity contribution in [1.29, 1.82) is 0 Å². The molecule has 1 aliphatic carbocycles. The number of benzene rings is 1. The normalized spacial score (nSPS) is 16.8. The van der Waals surface area contributed by atoms with Gasteiger partial charge in [-0.1, -0.05) is 25.7 Å². The summed E-state index contributed by atoms with van der Waals surface area (Å²) in [5, 5.41) is 2.92. The van der Waals surface area contributed by atoms with E-state index in [9.17, 15) is 18.4 Å². The van der Waals surface area contributed by atoms with Gasteiger partial charge >= 0.3 is 5.97 Å². The summed E-state index contributed by atoms with van der Waals surface area (Å²) in [5.41, 5.74) is 0. The molecule has 1 aromatic carbocycles. The number of hydrogen-bond donors (Lipinski definition) is 1. The SMILES string of the molecule is C[C@@H](OC(=O)CSc1cc(F)ccc1F)C(=O)NC1CCCCCC1. The molecule has 1 atom stereocenters. The molecule has 2 rings (SSSR count). The lowest BCUT2D eigenvalue weighted by Gasteiger charge is -2.19. The van der Waals surface area contributed by atoms with Crippen LogP contribution in [-0.4, -0.2) is 29.8 Å². The molecule has 0 bridgehead atoms. The topological polar surface area (TPSA) is 55.4 Å². The van der Waals surface area contributed by atoms with Crippen LogP contribution in [0.2, 0.25) is 0 Å². The number of esters is 1. The Morgan fingerprint density at radius 2 is 1.92 bits per heavy atom. The number of rotatable bonds is 6. The molecule has 0 saturated heterocycles. The average molecular weight is 371 g/mol. The Hall–Kier alpha value is -1.63. The monoisotopic (exact) mass is 371 g/mol. The standard InChI is InChI=1S/C18H23F2NO3S/c1-12(18(23)21-14-6-4-2-3-5-7-14)24-17(22)11-25-16-10-13(19)8-9-15(16)20/h8-10,12,14H,2-7,11H2,1H3,(H,21,23)/t12-/m1/s1. The third kappa shape index (κ3) is 6.65. The fourth-order valence-corrected chi connectivity index (χ4v) is 3.49. The molecular formula is C18H23F2NO3S. The average Bonchev–Trinajstić information content (AvgIpc) is 2.84. The molecule has 7 heteroatoms. The van der Waals surface area contributed by atoms with Gasteiger partial charge in [0.2, 0.25) is 0 Å². The minimum Gasteiger partial charge on any atom is -0.452 e. The maximum Gasteiger partial charge on any atom is 0.317 e. The van der Waals surface area contributed by atoms with E-state index in [0.717, 1.165) is 55.6 Å². The second kappa shape index (κ2) is 9.75. The number of hydrogen-bond acceptors (Lipinski definition) is 4. The molecule has 0 heterocycles. The van der Waals surface area contributed by atoms with Crippen LogP contribution in [0.4, 0.5) is 8.78 Å². The van der Waals surface area contributed by atoms with Crippen molar-refractivity contribution in [2.24, 2.45) is 0 Å². The first-order valence-electron chi connectivity index (χ1n) is 8.53. The van der Waals surface area contributed by atoms with E-state index in [1.165, 1.54) is 19.8 Å². The number of carbonyl (C=O) groups is 2. The summed E-state index contributed by atoms with van der Waals surface area (Å²) < 4.78 is 31.7. The first kappa shape index (κ1) is 19.7. The van der Waals surface area contributed by atoms with Gasteiger partial charge in [-0.25, -0.2) is 8.78 Å². The van der Waals surface area contributed by atoms with E-state index in [1.807, 2.05) is 0 Å². The molecule has 0 unspecified atom stereocenters. The highest BCUT2D eigenvalue weighted by atomic mass is 32.2. The van der Waals surface area contributed by atoms with E-state index in [4.69, 9.17) is 4.74 Å². The molecule has 0 aliphatic heterocycles. The summed E-state index contributed by atoms with van der Waals surface area (Å²) in [4.78, 5) is 24.0. The van der Waals surface area contributed by atoms with Crippen molar-refractivity contribution < 1.29 is 23.1 Å². The number of carbonyl (C=O) groups excluding carboxylic acids is 2. The van der Waals surface area contributed by atoms with Crippen LogP contribution < -0.4 is 5.32 Å². The van der Waals surface area contributed by atoms with Gasteiger partial charge in [0.15, 0.2) is 6.10 Å². The number of ether oxygens (including phenoxy) is 1. The van der Waals surface area contributed by atoms with E-state index >= 15 is 0 Å². The van der Waals surface area contributed by atoms with Gasteiger partial charge in [0, 0.05) is 10.9 Å². The zero-order chi connectivity index (χ0) is 18.2. The van der Waals surface area contributed by atoms with Gasteiger partial charge in [0.25, 0.3) is 5.91 Å². The lowest BCUT2D eigenvalue weighted by molar-refractivity contribution is -0.152. The molecule has 4 nitrogen and oxygen atoms in total. The Bertz CT molecular complexity index is 604. The highest BCUT2D eigenvalue weighted by Gasteiger charge is 2.22. The summed E-state index contributed by atoms with van der Waals surface area (Å²) in [6.45, 7) is 1.51. The van der Waals surface area contributed by atoms with Crippen LogP contribution in [0, 0.1) is 11.6 Å². The lowest BCUT2D eigenvalue weighted by atomic mass is 10.1. The van der Waals surface area contributed by atoms with Crippen molar-refractivity contribution in [2.75, 3.05) is 5.75 Å². The van der Waals surface area contributed by atoms with Crippen LogP contribution in [0.1, 0.15) is 45.4 Å². The summed E-state index contributed by atoms with van der Waals surface area (Å²) in [5.74, 6) is -2.33. The molecule has 1 aliphatic rings. The van der Waals surface area contributed by atoms with Crippen molar-refractivity contribution in [2.45, 2.75) is 62.5 Å².